The molecule has 1 aromatic heterocycles. The van der Waals surface area contributed by atoms with E-state index in [0.717, 1.165) is 11.3 Å². The predicted molar refractivity (Wildman–Crippen MR) is 71.5 cm³/mol. The van der Waals surface area contributed by atoms with Crippen LogP contribution in [0.25, 0.3) is 0 Å². The van der Waals surface area contributed by atoms with Crippen LogP contribution in [0.2, 0.25) is 5.02 Å². The number of benzene rings is 1. The van der Waals surface area contributed by atoms with Crippen molar-refractivity contribution in [2.75, 3.05) is 0 Å². The van der Waals surface area contributed by atoms with Crippen LogP contribution in [0.4, 0.5) is 0 Å². The average Bonchev–Trinajstić information content (AvgIpc) is 2.89. The molecule has 0 aliphatic rings. The number of hydrogen-bond acceptors (Lipinski definition) is 4. The second-order valence-electron chi connectivity index (χ2n) is 4.13. The number of ether oxygens (including phenoxy) is 1. The van der Waals surface area contributed by atoms with E-state index in [1.807, 2.05) is 6.07 Å². The summed E-state index contributed by atoms with van der Waals surface area (Å²) in [5, 5.41) is 0.607. The Labute approximate surface area is 115 Å². The minimum atomic E-state index is -0.709. The number of H-pyrrole nitrogens is 1. The van der Waals surface area contributed by atoms with Gasteiger partial charge in [0.25, 0.3) is 0 Å². The monoisotopic (exact) mass is 279 g/mol. The third-order valence-electron chi connectivity index (χ3n) is 2.57. The molecular weight excluding hydrogens is 266 g/mol. The summed E-state index contributed by atoms with van der Waals surface area (Å²) in [6.45, 7) is 0.163. The number of nitrogens with one attached hydrogen (secondary N) is 1. The number of nitrogens with two attached hydrogens (primary N) is 1. The maximum Gasteiger partial charge on any atom is 0.323 e. The van der Waals surface area contributed by atoms with Gasteiger partial charge in [0.15, 0.2) is 0 Å². The van der Waals surface area contributed by atoms with E-state index in [9.17, 15) is 4.79 Å². The first-order chi connectivity index (χ1) is 9.15. The van der Waals surface area contributed by atoms with Gasteiger partial charge in [0, 0.05) is 23.3 Å². The Morgan fingerprint density at radius 2 is 2.37 bits per heavy atom. The third-order valence-corrected chi connectivity index (χ3v) is 2.80. The summed E-state index contributed by atoms with van der Waals surface area (Å²) in [6.07, 6.45) is 3.54. The van der Waals surface area contributed by atoms with Crippen LogP contribution >= 0.6 is 11.6 Å². The average molecular weight is 280 g/mol. The van der Waals surface area contributed by atoms with Crippen LogP contribution < -0.4 is 5.73 Å². The van der Waals surface area contributed by atoms with Crippen molar-refractivity contribution in [3.05, 3.63) is 53.1 Å². The highest BCUT2D eigenvalue weighted by molar-refractivity contribution is 6.30. The van der Waals surface area contributed by atoms with E-state index < -0.39 is 12.0 Å². The summed E-state index contributed by atoms with van der Waals surface area (Å²) in [4.78, 5) is 18.5. The fourth-order valence-corrected chi connectivity index (χ4v) is 1.82. The second-order valence-corrected chi connectivity index (χ2v) is 4.56. The second kappa shape index (κ2) is 6.36. The Balaban J connectivity index is 1.84. The predicted octanol–water partition coefficient (Wildman–Crippen LogP) is 1.68. The Bertz CT molecular complexity index is 543. The van der Waals surface area contributed by atoms with E-state index >= 15 is 0 Å². The molecule has 0 saturated heterocycles. The Morgan fingerprint density at radius 3 is 3.05 bits per heavy atom. The number of rotatable bonds is 5. The maximum atomic E-state index is 11.7. The van der Waals surface area contributed by atoms with Gasteiger partial charge in [-0.3, -0.25) is 4.79 Å². The molecule has 0 bridgehead atoms. The summed E-state index contributed by atoms with van der Waals surface area (Å²) in [5.41, 5.74) is 7.38. The molecule has 0 aliphatic carbocycles. The number of imidazole rings is 1. The van der Waals surface area contributed by atoms with Gasteiger partial charge in [0.05, 0.1) is 6.33 Å². The standard InChI is InChI=1S/C13H14ClN3O2/c14-10-3-1-2-9(4-10)7-19-13(18)12(15)5-11-6-16-8-17-11/h1-4,6,8,12H,5,7,15H2,(H,16,17). The summed E-state index contributed by atoms with van der Waals surface area (Å²) in [6, 6.07) is 6.43. The van der Waals surface area contributed by atoms with Crippen LogP contribution in [0.1, 0.15) is 11.3 Å². The van der Waals surface area contributed by atoms with E-state index in [-0.39, 0.29) is 6.61 Å². The topological polar surface area (TPSA) is 81.0 Å². The van der Waals surface area contributed by atoms with Gasteiger partial charge in [0.1, 0.15) is 12.6 Å². The Kier molecular flexibility index (Phi) is 4.54. The third kappa shape index (κ3) is 4.08. The lowest BCUT2D eigenvalue weighted by molar-refractivity contribution is -0.146. The molecule has 5 nitrogen and oxygen atoms in total. The Hall–Kier alpha value is -1.85. The van der Waals surface area contributed by atoms with Crippen molar-refractivity contribution < 1.29 is 9.53 Å². The minimum absolute atomic E-state index is 0.163. The molecule has 3 N–H and O–H groups in total. The molecule has 6 heteroatoms. The highest BCUT2D eigenvalue weighted by Gasteiger charge is 2.16. The molecule has 100 valence electrons. The van der Waals surface area contributed by atoms with Gasteiger partial charge in [-0.05, 0) is 17.7 Å². The maximum absolute atomic E-state index is 11.7. The number of nitrogens with zero attached hydrogens (tertiary/aromatic N) is 1. The first-order valence-electron chi connectivity index (χ1n) is 5.79. The zero-order valence-electron chi connectivity index (χ0n) is 10.2. The molecule has 1 atom stereocenters. The largest absolute Gasteiger partial charge is 0.460 e. The van der Waals surface area contributed by atoms with Crippen molar-refractivity contribution in [3.8, 4) is 0 Å². The number of halogens is 1. The van der Waals surface area contributed by atoms with E-state index in [4.69, 9.17) is 22.1 Å². The van der Waals surface area contributed by atoms with Crippen molar-refractivity contribution in [2.45, 2.75) is 19.1 Å². The lowest BCUT2D eigenvalue weighted by Crippen LogP contribution is -2.34. The van der Waals surface area contributed by atoms with Gasteiger partial charge in [-0.2, -0.15) is 0 Å². The van der Waals surface area contributed by atoms with Crippen molar-refractivity contribution in [1.29, 1.82) is 0 Å². The Morgan fingerprint density at radius 1 is 1.53 bits per heavy atom. The van der Waals surface area contributed by atoms with E-state index in [0.29, 0.717) is 11.4 Å². The zero-order chi connectivity index (χ0) is 13.7. The number of carbonyl (C=O) groups is 1. The van der Waals surface area contributed by atoms with Crippen molar-refractivity contribution in [3.63, 3.8) is 0 Å². The zero-order valence-corrected chi connectivity index (χ0v) is 10.9. The summed E-state index contributed by atoms with van der Waals surface area (Å²) in [5.74, 6) is -0.449. The molecule has 2 rings (SSSR count). The number of aromatic amines is 1. The lowest BCUT2D eigenvalue weighted by Gasteiger charge is -2.10. The molecule has 2 aromatic rings. The van der Waals surface area contributed by atoms with Gasteiger partial charge in [-0.15, -0.1) is 0 Å². The molecular formula is C13H14ClN3O2. The molecule has 0 spiro atoms. The van der Waals surface area contributed by atoms with E-state index in [1.165, 1.54) is 0 Å². The molecule has 0 saturated carbocycles. The number of hydrogen-bond donors (Lipinski definition) is 2. The quantitative estimate of drug-likeness (QED) is 0.816. The van der Waals surface area contributed by atoms with Gasteiger partial charge < -0.3 is 15.5 Å². The number of aromatic nitrogens is 2. The number of esters is 1. The summed E-state index contributed by atoms with van der Waals surface area (Å²) < 4.78 is 5.14. The molecule has 19 heavy (non-hydrogen) atoms. The smallest absolute Gasteiger partial charge is 0.323 e. The van der Waals surface area contributed by atoms with Gasteiger partial charge >= 0.3 is 5.97 Å². The first kappa shape index (κ1) is 13.6. The van der Waals surface area contributed by atoms with Crippen LogP contribution in [0, 0.1) is 0 Å². The summed E-state index contributed by atoms with van der Waals surface area (Å²) >= 11 is 5.84. The molecule has 0 radical (unpaired) electrons. The van der Waals surface area contributed by atoms with Crippen molar-refractivity contribution in [2.24, 2.45) is 5.73 Å². The van der Waals surface area contributed by atoms with E-state index in [2.05, 4.69) is 9.97 Å². The fraction of sp³-hybridized carbons (Fsp3) is 0.231. The molecule has 1 heterocycles. The molecule has 1 unspecified atom stereocenters. The first-order valence-corrected chi connectivity index (χ1v) is 6.17. The molecule has 1 aromatic carbocycles. The van der Waals surface area contributed by atoms with Gasteiger partial charge in [0.2, 0.25) is 0 Å². The fourth-order valence-electron chi connectivity index (χ4n) is 1.60. The number of carbonyl (C=O) groups excluding carboxylic acids is 1. The van der Waals surface area contributed by atoms with Crippen LogP contribution in [-0.4, -0.2) is 22.0 Å². The highest BCUT2D eigenvalue weighted by Crippen LogP contribution is 2.11. The van der Waals surface area contributed by atoms with Crippen molar-refractivity contribution >= 4 is 17.6 Å². The van der Waals surface area contributed by atoms with Gasteiger partial charge in [-0.25, -0.2) is 4.98 Å². The van der Waals surface area contributed by atoms with Crippen LogP contribution in [0.3, 0.4) is 0 Å². The lowest BCUT2D eigenvalue weighted by atomic mass is 10.2. The normalized spacial score (nSPS) is 12.1. The van der Waals surface area contributed by atoms with E-state index in [1.54, 1.807) is 30.7 Å². The van der Waals surface area contributed by atoms with Gasteiger partial charge in [-0.1, -0.05) is 23.7 Å². The molecule has 0 amide bonds. The molecule has 0 fully saturated rings. The SMILES string of the molecule is NC(Cc1cnc[nH]1)C(=O)OCc1cccc(Cl)c1. The van der Waals surface area contributed by atoms with Crippen LogP contribution in [-0.2, 0) is 22.6 Å². The van der Waals surface area contributed by atoms with Crippen LogP contribution in [0.15, 0.2) is 36.8 Å². The molecule has 0 aliphatic heterocycles. The summed E-state index contributed by atoms with van der Waals surface area (Å²) in [7, 11) is 0. The van der Waals surface area contributed by atoms with Crippen molar-refractivity contribution in [1.82, 2.24) is 9.97 Å². The minimum Gasteiger partial charge on any atom is -0.460 e. The highest BCUT2D eigenvalue weighted by atomic mass is 35.5. The van der Waals surface area contributed by atoms with Crippen LogP contribution in [0.5, 0.6) is 0 Å².